The molecule has 0 aliphatic rings. The van der Waals surface area contributed by atoms with Crippen molar-refractivity contribution in [3.05, 3.63) is 34.9 Å². The maximum Gasteiger partial charge on any atom is 0.338 e. The molecule has 1 N–H and O–H groups in total. The molecule has 1 aromatic rings. The Bertz CT molecular complexity index is 479. The van der Waals surface area contributed by atoms with Gasteiger partial charge in [-0.1, -0.05) is 12.1 Å². The number of carboxylic acid groups (broad SMARTS) is 1. The third-order valence-electron chi connectivity index (χ3n) is 2.56. The van der Waals surface area contributed by atoms with Gasteiger partial charge in [0.1, 0.15) is 6.29 Å². The number of benzene rings is 1. The van der Waals surface area contributed by atoms with Crippen LogP contribution in [0.5, 0.6) is 0 Å². The van der Waals surface area contributed by atoms with Crippen LogP contribution in [0, 0.1) is 0 Å². The molecule has 0 atom stereocenters. The second-order valence-electron chi connectivity index (χ2n) is 3.99. The number of carboxylic acids is 1. The lowest BCUT2D eigenvalue weighted by atomic mass is 9.99. The van der Waals surface area contributed by atoms with Crippen molar-refractivity contribution in [2.24, 2.45) is 0 Å². The Balaban J connectivity index is 3.05. The highest BCUT2D eigenvalue weighted by Gasteiger charge is 2.14. The number of rotatable bonds is 7. The summed E-state index contributed by atoms with van der Waals surface area (Å²) in [5, 5.41) is 8.75. The Morgan fingerprint density at radius 3 is 2.68 bits per heavy atom. The first-order valence-corrected chi connectivity index (χ1v) is 6.02. The van der Waals surface area contributed by atoms with Gasteiger partial charge in [0.2, 0.25) is 0 Å². The van der Waals surface area contributed by atoms with Gasteiger partial charge in [-0.3, -0.25) is 4.79 Å². The minimum absolute atomic E-state index is 0.152. The van der Waals surface area contributed by atoms with Crippen LogP contribution in [-0.2, 0) is 27.2 Å². The lowest BCUT2D eigenvalue weighted by Gasteiger charge is -2.09. The minimum atomic E-state index is -0.963. The number of hydrogen-bond acceptors (Lipinski definition) is 4. The van der Waals surface area contributed by atoms with Crippen molar-refractivity contribution < 1.29 is 24.2 Å². The molecule has 0 saturated heterocycles. The molecule has 0 heterocycles. The Labute approximate surface area is 111 Å². The lowest BCUT2D eigenvalue weighted by molar-refractivity contribution is -0.136. The van der Waals surface area contributed by atoms with E-state index in [-0.39, 0.29) is 13.0 Å². The maximum absolute atomic E-state index is 11.8. The van der Waals surface area contributed by atoms with Gasteiger partial charge in [0.15, 0.2) is 0 Å². The van der Waals surface area contributed by atoms with E-state index in [1.165, 1.54) is 6.07 Å². The number of aryl methyl sites for hydroxylation is 1. The van der Waals surface area contributed by atoms with Crippen LogP contribution in [0.4, 0.5) is 0 Å². The van der Waals surface area contributed by atoms with Gasteiger partial charge in [0.05, 0.1) is 18.6 Å². The van der Waals surface area contributed by atoms with E-state index in [1.807, 2.05) is 0 Å². The van der Waals surface area contributed by atoms with Crippen LogP contribution in [0.15, 0.2) is 18.2 Å². The van der Waals surface area contributed by atoms with E-state index < -0.39 is 11.9 Å². The van der Waals surface area contributed by atoms with Gasteiger partial charge in [-0.2, -0.15) is 0 Å². The van der Waals surface area contributed by atoms with Crippen LogP contribution in [0.1, 0.15) is 34.8 Å². The van der Waals surface area contributed by atoms with E-state index in [0.29, 0.717) is 29.5 Å². The number of ether oxygens (including phenoxy) is 1. The summed E-state index contributed by atoms with van der Waals surface area (Å²) in [5.41, 5.74) is 1.56. The monoisotopic (exact) mass is 264 g/mol. The molecule has 5 heteroatoms. The molecule has 5 nitrogen and oxygen atoms in total. The standard InChI is InChI=1S/C14H16O5/c1-2-19-14(18)12-8-10(9-13(16)17)5-6-11(12)4-3-7-15/h5-8H,2-4,9H2,1H3,(H,16,17). The molecule has 0 aliphatic carbocycles. The molecule has 0 unspecified atom stereocenters. The predicted octanol–water partition coefficient (Wildman–Crippen LogP) is 1.62. The van der Waals surface area contributed by atoms with Gasteiger partial charge in [-0.15, -0.1) is 0 Å². The lowest BCUT2D eigenvalue weighted by Crippen LogP contribution is -2.10. The zero-order valence-corrected chi connectivity index (χ0v) is 10.7. The highest BCUT2D eigenvalue weighted by Crippen LogP contribution is 2.16. The molecular weight excluding hydrogens is 248 g/mol. The van der Waals surface area contributed by atoms with E-state index in [1.54, 1.807) is 19.1 Å². The van der Waals surface area contributed by atoms with E-state index in [2.05, 4.69) is 0 Å². The second kappa shape index (κ2) is 7.31. The van der Waals surface area contributed by atoms with Crippen molar-refractivity contribution >= 4 is 18.2 Å². The highest BCUT2D eigenvalue weighted by atomic mass is 16.5. The minimum Gasteiger partial charge on any atom is -0.481 e. The number of aldehydes is 1. The average Bonchev–Trinajstić information content (AvgIpc) is 2.36. The zero-order chi connectivity index (χ0) is 14.3. The molecule has 0 amide bonds. The topological polar surface area (TPSA) is 80.7 Å². The molecular formula is C14H16O5. The first-order valence-electron chi connectivity index (χ1n) is 6.02. The molecule has 0 spiro atoms. The smallest absolute Gasteiger partial charge is 0.338 e. The molecule has 0 bridgehead atoms. The summed E-state index contributed by atoms with van der Waals surface area (Å²) < 4.78 is 4.93. The predicted molar refractivity (Wildman–Crippen MR) is 68.1 cm³/mol. The van der Waals surface area contributed by atoms with Gasteiger partial charge in [-0.25, -0.2) is 4.79 Å². The van der Waals surface area contributed by atoms with Crippen LogP contribution in [0.2, 0.25) is 0 Å². The first kappa shape index (κ1) is 14.9. The van der Waals surface area contributed by atoms with Crippen molar-refractivity contribution in [1.82, 2.24) is 0 Å². The van der Waals surface area contributed by atoms with Gasteiger partial charge in [0.25, 0.3) is 0 Å². The first-order chi connectivity index (χ1) is 9.08. The molecule has 0 fully saturated rings. The van der Waals surface area contributed by atoms with Crippen LogP contribution in [0.25, 0.3) is 0 Å². The summed E-state index contributed by atoms with van der Waals surface area (Å²) in [7, 11) is 0. The summed E-state index contributed by atoms with van der Waals surface area (Å²) in [5.74, 6) is -1.45. The SMILES string of the molecule is CCOC(=O)c1cc(CC(=O)O)ccc1CCC=O. The third kappa shape index (κ3) is 4.54. The third-order valence-corrected chi connectivity index (χ3v) is 2.56. The summed E-state index contributed by atoms with van der Waals surface area (Å²) in [6.45, 7) is 1.94. The quantitative estimate of drug-likeness (QED) is 0.598. The van der Waals surface area contributed by atoms with Crippen molar-refractivity contribution in [2.45, 2.75) is 26.2 Å². The van der Waals surface area contributed by atoms with Crippen molar-refractivity contribution in [2.75, 3.05) is 6.61 Å². The van der Waals surface area contributed by atoms with E-state index in [0.717, 1.165) is 6.29 Å². The summed E-state index contributed by atoms with van der Waals surface area (Å²) in [6.07, 6.45) is 1.37. The fraction of sp³-hybridized carbons (Fsp3) is 0.357. The molecule has 1 rings (SSSR count). The maximum atomic E-state index is 11.8. The van der Waals surface area contributed by atoms with Gasteiger partial charge >= 0.3 is 11.9 Å². The largest absolute Gasteiger partial charge is 0.481 e. The molecule has 1 aromatic carbocycles. The summed E-state index contributed by atoms with van der Waals surface area (Å²) in [6, 6.07) is 4.84. The molecule has 0 aromatic heterocycles. The highest BCUT2D eigenvalue weighted by molar-refractivity contribution is 5.91. The Kier molecular flexibility index (Phi) is 5.73. The average molecular weight is 264 g/mol. The number of esters is 1. The Hall–Kier alpha value is -2.17. The Morgan fingerprint density at radius 2 is 2.11 bits per heavy atom. The number of carbonyl (C=O) groups is 3. The number of hydrogen-bond donors (Lipinski definition) is 1. The van der Waals surface area contributed by atoms with Gasteiger partial charge in [-0.05, 0) is 30.5 Å². The van der Waals surface area contributed by atoms with Crippen LogP contribution in [-0.4, -0.2) is 29.9 Å². The molecule has 19 heavy (non-hydrogen) atoms. The number of aliphatic carboxylic acids is 1. The molecule has 0 aliphatic heterocycles. The van der Waals surface area contributed by atoms with Crippen LogP contribution < -0.4 is 0 Å². The van der Waals surface area contributed by atoms with Crippen molar-refractivity contribution in [1.29, 1.82) is 0 Å². The van der Waals surface area contributed by atoms with Gasteiger partial charge < -0.3 is 14.6 Å². The van der Waals surface area contributed by atoms with Crippen LogP contribution in [0.3, 0.4) is 0 Å². The molecule has 0 radical (unpaired) electrons. The van der Waals surface area contributed by atoms with Gasteiger partial charge in [0, 0.05) is 6.42 Å². The summed E-state index contributed by atoms with van der Waals surface area (Å²) in [4.78, 5) is 32.9. The van der Waals surface area contributed by atoms with E-state index in [4.69, 9.17) is 9.84 Å². The normalized spacial score (nSPS) is 9.95. The van der Waals surface area contributed by atoms with Crippen LogP contribution >= 0.6 is 0 Å². The van der Waals surface area contributed by atoms with Crippen molar-refractivity contribution in [3.63, 3.8) is 0 Å². The fourth-order valence-corrected chi connectivity index (χ4v) is 1.74. The number of carbonyl (C=O) groups excluding carboxylic acids is 2. The molecule has 102 valence electrons. The van der Waals surface area contributed by atoms with E-state index in [9.17, 15) is 14.4 Å². The zero-order valence-electron chi connectivity index (χ0n) is 10.7. The second-order valence-corrected chi connectivity index (χ2v) is 3.99. The summed E-state index contributed by atoms with van der Waals surface area (Å²) >= 11 is 0. The molecule has 0 saturated carbocycles. The van der Waals surface area contributed by atoms with E-state index >= 15 is 0 Å². The van der Waals surface area contributed by atoms with Crippen molar-refractivity contribution in [3.8, 4) is 0 Å². The Morgan fingerprint density at radius 1 is 1.37 bits per heavy atom. The fourth-order valence-electron chi connectivity index (χ4n) is 1.74.